The zero-order chi connectivity index (χ0) is 21.8. The summed E-state index contributed by atoms with van der Waals surface area (Å²) >= 11 is 1.56. The number of aryl methyl sites for hydroxylation is 2. The normalized spacial score (nSPS) is 15.1. The van der Waals surface area contributed by atoms with Gasteiger partial charge in [-0.2, -0.15) is 10.2 Å². The first-order valence-corrected chi connectivity index (χ1v) is 11.0. The van der Waals surface area contributed by atoms with Gasteiger partial charge in [-0.1, -0.05) is 6.92 Å². The highest BCUT2D eigenvalue weighted by molar-refractivity contribution is 7.13. The maximum atomic E-state index is 5.02. The third kappa shape index (κ3) is 2.69. The van der Waals surface area contributed by atoms with Gasteiger partial charge in [-0.25, -0.2) is 15.0 Å². The fourth-order valence-corrected chi connectivity index (χ4v) is 4.85. The molecule has 0 saturated heterocycles. The fourth-order valence-electron chi connectivity index (χ4n) is 4.12. The average Bonchev–Trinajstić information content (AvgIpc) is 3.59. The molecule has 1 atom stereocenters. The van der Waals surface area contributed by atoms with Crippen molar-refractivity contribution in [2.75, 3.05) is 4.90 Å². The van der Waals surface area contributed by atoms with Crippen LogP contribution in [0.15, 0.2) is 42.6 Å². The first-order chi connectivity index (χ1) is 15.7. The van der Waals surface area contributed by atoms with Crippen molar-refractivity contribution in [3.63, 3.8) is 0 Å². The molecule has 0 fully saturated rings. The molecule has 0 radical (unpaired) electrons. The average molecular weight is 446 g/mol. The number of thiazole rings is 1. The van der Waals surface area contributed by atoms with Crippen LogP contribution in [-0.4, -0.2) is 49.3 Å². The molecule has 1 unspecified atom stereocenters. The maximum absolute atomic E-state index is 5.02. The van der Waals surface area contributed by atoms with E-state index in [2.05, 4.69) is 37.2 Å². The summed E-state index contributed by atoms with van der Waals surface area (Å²) in [6.45, 7) is 2.12. The van der Waals surface area contributed by atoms with E-state index >= 15 is 0 Å². The van der Waals surface area contributed by atoms with E-state index in [1.54, 1.807) is 39.4 Å². The second kappa shape index (κ2) is 7.05. The predicted octanol–water partition coefficient (Wildman–Crippen LogP) is 2.92. The summed E-state index contributed by atoms with van der Waals surface area (Å²) in [5.41, 5.74) is 2.52. The fraction of sp³-hybridized carbons (Fsp3) is 0.250. The van der Waals surface area contributed by atoms with Gasteiger partial charge in [-0.05, 0) is 6.42 Å². The summed E-state index contributed by atoms with van der Waals surface area (Å²) < 4.78 is 5.54. The summed E-state index contributed by atoms with van der Waals surface area (Å²) in [7, 11) is 3.80. The van der Waals surface area contributed by atoms with E-state index in [0.717, 1.165) is 45.8 Å². The Morgan fingerprint density at radius 2 is 2.06 bits per heavy atom. The molecule has 0 bridgehead atoms. The van der Waals surface area contributed by atoms with Crippen LogP contribution < -0.4 is 4.90 Å². The number of rotatable bonds is 4. The minimum absolute atomic E-state index is 0.0602. The van der Waals surface area contributed by atoms with E-state index in [-0.39, 0.29) is 6.04 Å². The van der Waals surface area contributed by atoms with Gasteiger partial charge in [0.15, 0.2) is 23.3 Å². The first kappa shape index (κ1) is 18.8. The van der Waals surface area contributed by atoms with Crippen molar-refractivity contribution in [3.8, 4) is 27.8 Å². The van der Waals surface area contributed by atoms with E-state index in [1.807, 2.05) is 42.5 Å². The van der Waals surface area contributed by atoms with Crippen molar-refractivity contribution in [2.24, 2.45) is 14.1 Å². The van der Waals surface area contributed by atoms with Crippen LogP contribution in [-0.2, 0) is 14.1 Å². The van der Waals surface area contributed by atoms with E-state index in [0.29, 0.717) is 5.82 Å². The summed E-state index contributed by atoms with van der Waals surface area (Å²) in [4.78, 5) is 16.3. The van der Waals surface area contributed by atoms with Gasteiger partial charge >= 0.3 is 0 Å². The first-order valence-electron chi connectivity index (χ1n) is 10.1. The summed E-state index contributed by atoms with van der Waals surface area (Å²) in [6, 6.07) is 1.92. The van der Waals surface area contributed by atoms with Gasteiger partial charge in [0.2, 0.25) is 0 Å². The Hall–Kier alpha value is -3.93. The topological polar surface area (TPSA) is 108 Å². The van der Waals surface area contributed by atoms with E-state index in [1.165, 1.54) is 0 Å². The van der Waals surface area contributed by atoms with Crippen LogP contribution >= 0.6 is 11.3 Å². The molecule has 6 rings (SSSR count). The molecule has 12 heteroatoms. The smallest absolute Gasteiger partial charge is 0.165 e. The molecular weight excluding hydrogens is 426 g/mol. The molecule has 0 aromatic carbocycles. The van der Waals surface area contributed by atoms with Gasteiger partial charge in [0.25, 0.3) is 0 Å². The highest BCUT2D eigenvalue weighted by Gasteiger charge is 2.36. The molecule has 0 N–H and O–H groups in total. The van der Waals surface area contributed by atoms with Gasteiger partial charge < -0.3 is 0 Å². The van der Waals surface area contributed by atoms with E-state index in [9.17, 15) is 0 Å². The van der Waals surface area contributed by atoms with Crippen LogP contribution in [0.3, 0.4) is 0 Å². The standard InChI is InChI=1S/C20H19N11S/c1-4-13-19-26-23-11-30(19)14-10-22-17(25-18(14)31(13)15-5-7-28(2)27-15)12-9-24-29(3)16(12)20-21-6-8-32-20/h5-11,13H,4H2,1-3H3. The minimum atomic E-state index is -0.0602. The highest BCUT2D eigenvalue weighted by atomic mass is 32.1. The lowest BCUT2D eigenvalue weighted by atomic mass is 10.1. The maximum Gasteiger partial charge on any atom is 0.165 e. The Bertz CT molecular complexity index is 1410. The highest BCUT2D eigenvalue weighted by Crippen LogP contribution is 2.43. The van der Waals surface area contributed by atoms with Crippen LogP contribution in [0.2, 0.25) is 0 Å². The lowest BCUT2D eigenvalue weighted by Gasteiger charge is -2.35. The van der Waals surface area contributed by atoms with Crippen molar-refractivity contribution in [2.45, 2.75) is 19.4 Å². The Kier molecular flexibility index (Phi) is 4.15. The zero-order valence-corrected chi connectivity index (χ0v) is 18.5. The lowest BCUT2D eigenvalue weighted by Crippen LogP contribution is -2.32. The second-order valence-corrected chi connectivity index (χ2v) is 8.37. The van der Waals surface area contributed by atoms with E-state index < -0.39 is 0 Å². The molecule has 1 aliphatic rings. The Morgan fingerprint density at radius 3 is 2.81 bits per heavy atom. The summed E-state index contributed by atoms with van der Waals surface area (Å²) in [5, 5.41) is 20.5. The molecule has 1 aliphatic heterocycles. The minimum Gasteiger partial charge on any atom is -0.297 e. The number of hydrogen-bond donors (Lipinski definition) is 0. The molecular formula is C20H19N11S. The van der Waals surface area contributed by atoms with Gasteiger partial charge in [0.1, 0.15) is 22.7 Å². The molecule has 0 aliphatic carbocycles. The van der Waals surface area contributed by atoms with Crippen molar-refractivity contribution in [1.29, 1.82) is 0 Å². The van der Waals surface area contributed by atoms with Crippen LogP contribution in [0.5, 0.6) is 0 Å². The third-order valence-electron chi connectivity index (χ3n) is 5.57. The SMILES string of the molecule is CCC1c2nncn2-c2cnc(-c3cnn(C)c3-c3nccs3)nc2N1c1ccn(C)n1. The third-order valence-corrected chi connectivity index (χ3v) is 6.35. The summed E-state index contributed by atoms with van der Waals surface area (Å²) in [5.74, 6) is 2.97. The molecule has 11 nitrogen and oxygen atoms in total. The molecule has 32 heavy (non-hydrogen) atoms. The second-order valence-electron chi connectivity index (χ2n) is 7.47. The molecule has 0 spiro atoms. The monoisotopic (exact) mass is 445 g/mol. The molecule has 5 aromatic rings. The van der Waals surface area contributed by atoms with Crippen molar-refractivity contribution in [3.05, 3.63) is 48.4 Å². The van der Waals surface area contributed by atoms with Gasteiger partial charge in [0, 0.05) is 37.9 Å². The number of hydrogen-bond acceptors (Lipinski definition) is 9. The van der Waals surface area contributed by atoms with Gasteiger partial charge in [0.05, 0.1) is 24.0 Å². The largest absolute Gasteiger partial charge is 0.297 e. The number of fused-ring (bicyclic) bond motifs is 3. The van der Waals surface area contributed by atoms with Crippen LogP contribution in [0.1, 0.15) is 25.2 Å². The zero-order valence-electron chi connectivity index (χ0n) is 17.7. The van der Waals surface area contributed by atoms with Crippen molar-refractivity contribution in [1.82, 2.24) is 49.3 Å². The van der Waals surface area contributed by atoms with Crippen LogP contribution in [0, 0.1) is 0 Å². The van der Waals surface area contributed by atoms with Crippen LogP contribution in [0.25, 0.3) is 27.8 Å². The Balaban J connectivity index is 1.58. The molecule has 5 aromatic heterocycles. The number of aromatic nitrogens is 10. The molecule has 0 amide bonds. The van der Waals surface area contributed by atoms with Gasteiger partial charge in [-0.3, -0.25) is 18.8 Å². The quantitative estimate of drug-likeness (QED) is 0.415. The number of anilines is 2. The Morgan fingerprint density at radius 1 is 1.16 bits per heavy atom. The number of nitrogens with zero attached hydrogens (tertiary/aromatic N) is 11. The lowest BCUT2D eigenvalue weighted by molar-refractivity contribution is 0.581. The molecule has 0 saturated carbocycles. The van der Waals surface area contributed by atoms with E-state index in [4.69, 9.17) is 9.97 Å². The Labute approximate surface area is 187 Å². The summed E-state index contributed by atoms with van der Waals surface area (Å²) in [6.07, 6.45) is 9.82. The molecule has 6 heterocycles. The van der Waals surface area contributed by atoms with Crippen molar-refractivity contribution < 1.29 is 0 Å². The van der Waals surface area contributed by atoms with Crippen LogP contribution in [0.4, 0.5) is 11.6 Å². The van der Waals surface area contributed by atoms with Crippen molar-refractivity contribution >= 4 is 23.0 Å². The van der Waals surface area contributed by atoms with Gasteiger partial charge in [-0.15, -0.1) is 21.5 Å². The predicted molar refractivity (Wildman–Crippen MR) is 119 cm³/mol. The molecule has 160 valence electrons.